The molecule has 2 heterocycles. The van der Waals surface area contributed by atoms with Crippen molar-refractivity contribution in [3.8, 4) is 34.5 Å². The monoisotopic (exact) mass is 740 g/mol. The molecular formula is C35H40N4O12S. The molecule has 1 N–H and O–H groups in total. The Bertz CT molecular complexity index is 2100. The number of hydrogen-bond acceptors (Lipinski definition) is 12. The molecule has 0 aromatic heterocycles. The number of rotatable bonds is 11. The van der Waals surface area contributed by atoms with Gasteiger partial charge in [0.05, 0.1) is 51.6 Å². The number of nitrogens with zero attached hydrogens (tertiary/aromatic N) is 3. The summed E-state index contributed by atoms with van der Waals surface area (Å²) in [6.07, 6.45) is -0.675. The second-order valence-corrected chi connectivity index (χ2v) is 14.6. The standard InChI is InChI=1S/C35H40N4O12S/c1-10-50-30-21(15-19(39(43)44)16-26(30)49-8)33-37(5)34(42)18(2)38(33)27(40)17-20-24(47-6)13-11-22-29(20)51-31-23(35(22,3)4)12-14-25(48-7)28(31)32(41)36-52(9,45)46/h11-16,18,33H,10,17H2,1-9H3,(H,36,41)/t18-,33+/m0/s1. The number of hydrogen-bond donors (Lipinski definition) is 1. The van der Waals surface area contributed by atoms with Crippen LogP contribution < -0.4 is 28.4 Å². The molecule has 3 aromatic rings. The second-order valence-electron chi connectivity index (χ2n) is 12.8. The third-order valence-corrected chi connectivity index (χ3v) is 9.82. The molecule has 0 radical (unpaired) electrons. The summed E-state index contributed by atoms with van der Waals surface area (Å²) in [4.78, 5) is 55.5. The number of likely N-dealkylation sites (N-methyl/N-ethyl adjacent to an activating group) is 1. The Morgan fingerprint density at radius 1 is 1.00 bits per heavy atom. The third kappa shape index (κ3) is 6.40. The lowest BCUT2D eigenvalue weighted by Crippen LogP contribution is -2.39. The predicted molar refractivity (Wildman–Crippen MR) is 187 cm³/mol. The van der Waals surface area contributed by atoms with Gasteiger partial charge in [-0.1, -0.05) is 26.0 Å². The number of carbonyl (C=O) groups excluding carboxylic acids is 3. The van der Waals surface area contributed by atoms with E-state index in [2.05, 4.69) is 0 Å². The van der Waals surface area contributed by atoms with Crippen LogP contribution in [0.1, 0.15) is 66.5 Å². The van der Waals surface area contributed by atoms with Crippen LogP contribution in [-0.4, -0.2) is 88.1 Å². The first kappa shape index (κ1) is 37.7. The summed E-state index contributed by atoms with van der Waals surface area (Å²) < 4.78 is 55.1. The summed E-state index contributed by atoms with van der Waals surface area (Å²) in [6.45, 7) is 7.19. The fourth-order valence-corrected chi connectivity index (χ4v) is 7.27. The predicted octanol–water partition coefficient (Wildman–Crippen LogP) is 4.07. The van der Waals surface area contributed by atoms with Crippen LogP contribution in [0.25, 0.3) is 0 Å². The van der Waals surface area contributed by atoms with Gasteiger partial charge in [-0.05, 0) is 26.0 Å². The first-order valence-electron chi connectivity index (χ1n) is 16.1. The zero-order valence-corrected chi connectivity index (χ0v) is 31.0. The second kappa shape index (κ2) is 13.9. The fraction of sp³-hybridized carbons (Fsp3) is 0.400. The SMILES string of the molecule is CCOc1c(OC)cc([N+](=O)[O-])cc1[C@@H]1N(C)C(=O)[C@H](C)N1C(=O)Cc1c(OC)ccc2c1Oc1c(ccc(OC)c1C(=O)NS(C)(=O)=O)C2(C)C. The lowest BCUT2D eigenvalue weighted by atomic mass is 9.74. The summed E-state index contributed by atoms with van der Waals surface area (Å²) in [5, 5.41) is 12.0. The number of nitrogens with one attached hydrogen (secondary N) is 1. The number of amides is 3. The maximum absolute atomic E-state index is 14.6. The van der Waals surface area contributed by atoms with E-state index in [-0.39, 0.29) is 69.9 Å². The number of fused-ring (bicyclic) bond motifs is 2. The highest BCUT2D eigenvalue weighted by Gasteiger charge is 2.48. The van der Waals surface area contributed by atoms with Crippen LogP contribution in [0.5, 0.6) is 34.5 Å². The van der Waals surface area contributed by atoms with Crippen molar-refractivity contribution in [1.29, 1.82) is 0 Å². The van der Waals surface area contributed by atoms with Gasteiger partial charge in [-0.2, -0.15) is 0 Å². The Balaban J connectivity index is 1.67. The van der Waals surface area contributed by atoms with Gasteiger partial charge in [0.2, 0.25) is 21.8 Å². The van der Waals surface area contributed by atoms with E-state index in [9.17, 15) is 32.9 Å². The molecule has 0 unspecified atom stereocenters. The molecule has 0 spiro atoms. The third-order valence-electron chi connectivity index (χ3n) is 9.27. The largest absolute Gasteiger partial charge is 0.496 e. The van der Waals surface area contributed by atoms with Crippen LogP contribution in [0.3, 0.4) is 0 Å². The normalized spacial score (nSPS) is 17.4. The van der Waals surface area contributed by atoms with Gasteiger partial charge < -0.3 is 33.5 Å². The molecule has 52 heavy (non-hydrogen) atoms. The molecule has 2 aliphatic rings. The molecule has 278 valence electrons. The molecule has 2 aliphatic heterocycles. The Morgan fingerprint density at radius 3 is 2.15 bits per heavy atom. The van der Waals surface area contributed by atoms with Crippen molar-refractivity contribution in [2.24, 2.45) is 0 Å². The van der Waals surface area contributed by atoms with Crippen molar-refractivity contribution in [3.05, 3.63) is 74.3 Å². The minimum atomic E-state index is -3.98. The number of nitro benzene ring substituents is 1. The molecule has 0 bridgehead atoms. The first-order valence-corrected chi connectivity index (χ1v) is 18.0. The van der Waals surface area contributed by atoms with E-state index in [0.29, 0.717) is 11.1 Å². The molecule has 2 atom stereocenters. The highest BCUT2D eigenvalue weighted by Crippen LogP contribution is 2.54. The smallest absolute Gasteiger partial charge is 0.273 e. The van der Waals surface area contributed by atoms with Crippen LogP contribution in [0, 0.1) is 10.1 Å². The maximum atomic E-state index is 14.6. The van der Waals surface area contributed by atoms with E-state index < -0.39 is 50.3 Å². The summed E-state index contributed by atoms with van der Waals surface area (Å²) in [5.74, 6) is -1.27. The molecule has 0 aliphatic carbocycles. The molecular weight excluding hydrogens is 700 g/mol. The summed E-state index contributed by atoms with van der Waals surface area (Å²) in [6, 6.07) is 8.17. The average molecular weight is 741 g/mol. The van der Waals surface area contributed by atoms with Crippen molar-refractivity contribution >= 4 is 33.4 Å². The molecule has 16 nitrogen and oxygen atoms in total. The molecule has 0 saturated carbocycles. The number of benzene rings is 3. The van der Waals surface area contributed by atoms with Crippen molar-refractivity contribution in [1.82, 2.24) is 14.5 Å². The van der Waals surface area contributed by atoms with Crippen LogP contribution in [0.15, 0.2) is 36.4 Å². The van der Waals surface area contributed by atoms with E-state index in [0.717, 1.165) is 6.26 Å². The zero-order chi connectivity index (χ0) is 38.4. The van der Waals surface area contributed by atoms with Gasteiger partial charge in [-0.15, -0.1) is 0 Å². The summed E-state index contributed by atoms with van der Waals surface area (Å²) in [5.41, 5.74) is 0.259. The van der Waals surface area contributed by atoms with Crippen LogP contribution in [0.4, 0.5) is 5.69 Å². The highest BCUT2D eigenvalue weighted by atomic mass is 32.2. The van der Waals surface area contributed by atoms with Gasteiger partial charge in [0.1, 0.15) is 40.8 Å². The van der Waals surface area contributed by atoms with Gasteiger partial charge in [-0.3, -0.25) is 24.5 Å². The van der Waals surface area contributed by atoms with E-state index >= 15 is 0 Å². The van der Waals surface area contributed by atoms with Crippen LogP contribution in [-0.2, 0) is 31.4 Å². The van der Waals surface area contributed by atoms with Crippen LogP contribution >= 0.6 is 0 Å². The van der Waals surface area contributed by atoms with Crippen LogP contribution in [0.2, 0.25) is 0 Å². The van der Waals surface area contributed by atoms with E-state index in [1.54, 1.807) is 38.1 Å². The van der Waals surface area contributed by atoms with Gasteiger partial charge in [0.25, 0.3) is 11.6 Å². The Hall–Kier alpha value is -5.58. The lowest BCUT2D eigenvalue weighted by molar-refractivity contribution is -0.385. The fourth-order valence-electron chi connectivity index (χ4n) is 6.83. The van der Waals surface area contributed by atoms with Gasteiger partial charge in [0.15, 0.2) is 11.5 Å². The quantitative estimate of drug-likeness (QED) is 0.219. The van der Waals surface area contributed by atoms with E-state index in [1.807, 2.05) is 18.6 Å². The highest BCUT2D eigenvalue weighted by molar-refractivity contribution is 7.89. The van der Waals surface area contributed by atoms with Crippen molar-refractivity contribution in [2.45, 2.75) is 51.7 Å². The molecule has 3 amide bonds. The Morgan fingerprint density at radius 2 is 1.60 bits per heavy atom. The minimum absolute atomic E-state index is 0.0207. The summed E-state index contributed by atoms with van der Waals surface area (Å²) >= 11 is 0. The van der Waals surface area contributed by atoms with Crippen molar-refractivity contribution in [2.75, 3.05) is 41.2 Å². The van der Waals surface area contributed by atoms with E-state index in [4.69, 9.17) is 23.7 Å². The average Bonchev–Trinajstić information content (AvgIpc) is 3.30. The first-order chi connectivity index (χ1) is 24.4. The van der Waals surface area contributed by atoms with Gasteiger partial charge >= 0.3 is 0 Å². The minimum Gasteiger partial charge on any atom is -0.496 e. The number of nitro groups is 1. The number of ether oxygens (including phenoxy) is 5. The molecule has 5 rings (SSSR count). The Labute approximate surface area is 300 Å². The topological polar surface area (TPSA) is 193 Å². The number of non-ortho nitro benzene ring substituents is 1. The van der Waals surface area contributed by atoms with Gasteiger partial charge in [0, 0.05) is 40.8 Å². The van der Waals surface area contributed by atoms with Crippen molar-refractivity contribution < 1.29 is 51.4 Å². The lowest BCUT2D eigenvalue weighted by Gasteiger charge is -2.37. The number of methoxy groups -OCH3 is 3. The number of sulfonamides is 1. The molecule has 3 aromatic carbocycles. The molecule has 17 heteroatoms. The summed E-state index contributed by atoms with van der Waals surface area (Å²) in [7, 11) is 1.57. The molecule has 1 saturated heterocycles. The molecule has 1 fully saturated rings. The van der Waals surface area contributed by atoms with Crippen molar-refractivity contribution in [3.63, 3.8) is 0 Å². The number of carbonyl (C=O) groups is 3. The maximum Gasteiger partial charge on any atom is 0.273 e. The van der Waals surface area contributed by atoms with Gasteiger partial charge in [-0.25, -0.2) is 13.1 Å². The van der Waals surface area contributed by atoms with E-state index in [1.165, 1.54) is 50.3 Å². The Kier molecular flexibility index (Phi) is 10.0. The zero-order valence-electron chi connectivity index (χ0n) is 30.2.